The predicted octanol–water partition coefficient (Wildman–Crippen LogP) is 4.52. The van der Waals surface area contributed by atoms with Crippen molar-refractivity contribution in [1.29, 1.82) is 0 Å². The van der Waals surface area contributed by atoms with E-state index < -0.39 is 18.7 Å². The van der Waals surface area contributed by atoms with Crippen molar-refractivity contribution >= 4 is 11.8 Å². The summed E-state index contributed by atoms with van der Waals surface area (Å²) in [4.78, 5) is 29.0. The summed E-state index contributed by atoms with van der Waals surface area (Å²) < 4.78 is 36.1. The molecule has 0 aliphatic carbocycles. The first-order chi connectivity index (χ1) is 14.3. The molecule has 0 N–H and O–H groups in total. The lowest BCUT2D eigenvalue weighted by Crippen LogP contribution is -2.25. The number of ketones is 1. The third kappa shape index (κ3) is 4.53. The Labute approximate surface area is 172 Å². The van der Waals surface area contributed by atoms with Gasteiger partial charge in [-0.15, -0.1) is 0 Å². The fourth-order valence-electron chi connectivity index (χ4n) is 3.16. The molecule has 0 radical (unpaired) electrons. The first kappa shape index (κ1) is 21.2. The van der Waals surface area contributed by atoms with Gasteiger partial charge < -0.3 is 14.0 Å². The summed E-state index contributed by atoms with van der Waals surface area (Å²) in [6.07, 6.45) is 0.462. The van der Waals surface area contributed by atoms with Crippen LogP contribution in [0.5, 0.6) is 5.75 Å². The molecular weight excluding hydrogens is 394 g/mol. The SMILES string of the molecule is Cc1cc(C(=O)[C@@H](C)OC(=O)c2ccccn2)c(C)n1-c1ccc(OC(F)F)cc1. The van der Waals surface area contributed by atoms with Crippen LogP contribution in [0.1, 0.15) is 39.2 Å². The van der Waals surface area contributed by atoms with Crippen LogP contribution < -0.4 is 4.74 Å². The van der Waals surface area contributed by atoms with Crippen molar-refractivity contribution in [3.8, 4) is 11.4 Å². The van der Waals surface area contributed by atoms with Gasteiger partial charge in [0.25, 0.3) is 0 Å². The van der Waals surface area contributed by atoms with Gasteiger partial charge in [-0.25, -0.2) is 9.78 Å². The second-order valence-corrected chi connectivity index (χ2v) is 6.62. The fraction of sp³-hybridized carbons (Fsp3) is 0.227. The number of ether oxygens (including phenoxy) is 2. The highest BCUT2D eigenvalue weighted by Gasteiger charge is 2.25. The summed E-state index contributed by atoms with van der Waals surface area (Å²) in [5.74, 6) is -0.987. The maximum Gasteiger partial charge on any atom is 0.387 e. The van der Waals surface area contributed by atoms with Crippen LogP contribution in [0.15, 0.2) is 54.7 Å². The lowest BCUT2D eigenvalue weighted by Gasteiger charge is -2.13. The first-order valence-electron chi connectivity index (χ1n) is 9.18. The Kier molecular flexibility index (Phi) is 6.25. The molecule has 8 heteroatoms. The highest BCUT2D eigenvalue weighted by molar-refractivity contribution is 6.02. The summed E-state index contributed by atoms with van der Waals surface area (Å²) in [5, 5.41) is 0. The quantitative estimate of drug-likeness (QED) is 0.420. The Bertz CT molecular complexity index is 1050. The van der Waals surface area contributed by atoms with Crippen LogP contribution in [0.4, 0.5) is 8.78 Å². The third-order valence-electron chi connectivity index (χ3n) is 4.54. The van der Waals surface area contributed by atoms with Gasteiger partial charge in [0.05, 0.1) is 0 Å². The molecule has 0 aliphatic heterocycles. The van der Waals surface area contributed by atoms with Gasteiger partial charge in [-0.05, 0) is 63.2 Å². The molecule has 0 aliphatic rings. The molecular formula is C22H20F2N2O4. The summed E-state index contributed by atoms with van der Waals surface area (Å²) in [6.45, 7) is 2.19. The van der Waals surface area contributed by atoms with Crippen molar-refractivity contribution in [3.63, 3.8) is 0 Å². The zero-order valence-electron chi connectivity index (χ0n) is 16.6. The molecule has 1 atom stereocenters. The van der Waals surface area contributed by atoms with Gasteiger partial charge in [0, 0.05) is 28.8 Å². The van der Waals surface area contributed by atoms with Crippen molar-refractivity contribution in [2.45, 2.75) is 33.5 Å². The summed E-state index contributed by atoms with van der Waals surface area (Å²) in [6, 6.07) is 12.6. The fourth-order valence-corrected chi connectivity index (χ4v) is 3.16. The van der Waals surface area contributed by atoms with Crippen LogP contribution in [-0.2, 0) is 4.74 Å². The van der Waals surface area contributed by atoms with Gasteiger partial charge in [-0.3, -0.25) is 4.79 Å². The second-order valence-electron chi connectivity index (χ2n) is 6.62. The van der Waals surface area contributed by atoms with Gasteiger partial charge in [-0.2, -0.15) is 8.78 Å². The molecule has 3 rings (SSSR count). The van der Waals surface area contributed by atoms with Crippen LogP contribution in [0, 0.1) is 13.8 Å². The lowest BCUT2D eigenvalue weighted by atomic mass is 10.1. The average Bonchev–Trinajstić information content (AvgIpc) is 3.02. The van der Waals surface area contributed by atoms with E-state index in [4.69, 9.17) is 4.74 Å². The zero-order chi connectivity index (χ0) is 21.8. The van der Waals surface area contributed by atoms with E-state index in [2.05, 4.69) is 9.72 Å². The van der Waals surface area contributed by atoms with E-state index in [0.717, 1.165) is 5.69 Å². The standard InChI is InChI=1S/C22H20F2N2O4/c1-13-12-18(20(27)15(3)29-21(28)19-6-4-5-11-25-19)14(2)26(13)16-7-9-17(10-8-16)30-22(23)24/h4-12,15,22H,1-3H3/t15-/m1/s1. The maximum absolute atomic E-state index is 12.9. The largest absolute Gasteiger partial charge is 0.450 e. The third-order valence-corrected chi connectivity index (χ3v) is 4.54. The number of carbonyl (C=O) groups excluding carboxylic acids is 2. The number of benzene rings is 1. The second kappa shape index (κ2) is 8.86. The topological polar surface area (TPSA) is 70.4 Å². The number of pyridine rings is 1. The Morgan fingerprint density at radius 2 is 1.77 bits per heavy atom. The van der Waals surface area contributed by atoms with E-state index >= 15 is 0 Å². The molecule has 0 fully saturated rings. The zero-order valence-corrected chi connectivity index (χ0v) is 16.6. The molecule has 1 aromatic carbocycles. The summed E-state index contributed by atoms with van der Waals surface area (Å²) in [5.41, 5.74) is 2.61. The first-order valence-corrected chi connectivity index (χ1v) is 9.18. The smallest absolute Gasteiger partial charge is 0.387 e. The van der Waals surface area contributed by atoms with E-state index in [0.29, 0.717) is 16.9 Å². The number of aromatic nitrogens is 2. The lowest BCUT2D eigenvalue weighted by molar-refractivity contribution is -0.0498. The number of esters is 1. The number of aryl methyl sites for hydroxylation is 1. The minimum atomic E-state index is -2.90. The average molecular weight is 414 g/mol. The van der Waals surface area contributed by atoms with E-state index in [9.17, 15) is 18.4 Å². The number of hydrogen-bond acceptors (Lipinski definition) is 5. The summed E-state index contributed by atoms with van der Waals surface area (Å²) >= 11 is 0. The molecule has 0 saturated heterocycles. The van der Waals surface area contributed by atoms with Crippen molar-refractivity contribution < 1.29 is 27.8 Å². The molecule has 0 amide bonds. The van der Waals surface area contributed by atoms with Gasteiger partial charge in [-0.1, -0.05) is 6.07 Å². The molecule has 0 spiro atoms. The maximum atomic E-state index is 12.9. The Balaban J connectivity index is 1.80. The number of carbonyl (C=O) groups is 2. The molecule has 3 aromatic rings. The minimum absolute atomic E-state index is 0.0440. The Hall–Kier alpha value is -3.55. The molecule has 0 unspecified atom stereocenters. The van der Waals surface area contributed by atoms with Crippen LogP contribution in [0.25, 0.3) is 5.69 Å². The van der Waals surface area contributed by atoms with E-state index in [1.165, 1.54) is 31.3 Å². The molecule has 2 heterocycles. The van der Waals surface area contributed by atoms with Crippen LogP contribution in [0.3, 0.4) is 0 Å². The number of hydrogen-bond donors (Lipinski definition) is 0. The van der Waals surface area contributed by atoms with E-state index in [1.807, 2.05) is 11.5 Å². The van der Waals surface area contributed by atoms with Crippen LogP contribution in [-0.4, -0.2) is 34.0 Å². The van der Waals surface area contributed by atoms with Crippen molar-refractivity contribution in [2.24, 2.45) is 0 Å². The van der Waals surface area contributed by atoms with E-state index in [1.54, 1.807) is 37.3 Å². The predicted molar refractivity (Wildman–Crippen MR) is 105 cm³/mol. The summed E-state index contributed by atoms with van der Waals surface area (Å²) in [7, 11) is 0. The van der Waals surface area contributed by atoms with Gasteiger partial charge in [0.1, 0.15) is 11.4 Å². The Morgan fingerprint density at radius 3 is 2.37 bits per heavy atom. The van der Waals surface area contributed by atoms with Gasteiger partial charge in [0.2, 0.25) is 5.78 Å². The number of nitrogens with zero attached hydrogens (tertiary/aromatic N) is 2. The number of Topliss-reactive ketones (excluding diaryl/α,β-unsaturated/α-hetero) is 1. The normalized spacial score (nSPS) is 11.9. The molecule has 6 nitrogen and oxygen atoms in total. The molecule has 0 bridgehead atoms. The molecule has 30 heavy (non-hydrogen) atoms. The van der Waals surface area contributed by atoms with Crippen LogP contribution in [0.2, 0.25) is 0 Å². The highest BCUT2D eigenvalue weighted by Crippen LogP contribution is 2.25. The highest BCUT2D eigenvalue weighted by atomic mass is 19.3. The molecule has 0 saturated carbocycles. The monoisotopic (exact) mass is 414 g/mol. The molecule has 156 valence electrons. The Morgan fingerprint density at radius 1 is 1.07 bits per heavy atom. The van der Waals surface area contributed by atoms with Gasteiger partial charge in [0.15, 0.2) is 6.10 Å². The van der Waals surface area contributed by atoms with Crippen LogP contribution >= 0.6 is 0 Å². The van der Waals surface area contributed by atoms with Crippen molar-refractivity contribution in [1.82, 2.24) is 9.55 Å². The number of rotatable bonds is 7. The van der Waals surface area contributed by atoms with E-state index in [-0.39, 0.29) is 17.2 Å². The minimum Gasteiger partial charge on any atom is -0.450 e. The number of halogens is 2. The number of alkyl halides is 2. The molecule has 2 aromatic heterocycles. The van der Waals surface area contributed by atoms with Crippen molar-refractivity contribution in [2.75, 3.05) is 0 Å². The van der Waals surface area contributed by atoms with Gasteiger partial charge >= 0.3 is 12.6 Å². The van der Waals surface area contributed by atoms with Crippen molar-refractivity contribution in [3.05, 3.63) is 77.4 Å².